The molecule has 1 atom stereocenters. The number of aliphatic carboxylic acids is 1. The zero-order valence-electron chi connectivity index (χ0n) is 10.4. The second kappa shape index (κ2) is 4.98. The highest BCUT2D eigenvalue weighted by atomic mass is 35.5. The van der Waals surface area contributed by atoms with E-state index in [-0.39, 0.29) is 11.9 Å². The van der Waals surface area contributed by atoms with Crippen molar-refractivity contribution in [2.75, 3.05) is 5.32 Å². The molecule has 0 spiro atoms. The van der Waals surface area contributed by atoms with E-state index in [4.69, 9.17) is 16.7 Å². The molecule has 2 aromatic rings. The van der Waals surface area contributed by atoms with Gasteiger partial charge in [0, 0.05) is 16.3 Å². The molecule has 1 aliphatic heterocycles. The van der Waals surface area contributed by atoms with Crippen LogP contribution in [0, 0.1) is 0 Å². The van der Waals surface area contributed by atoms with Gasteiger partial charge in [0.1, 0.15) is 6.04 Å². The molecule has 2 N–H and O–H groups in total. The number of benzene rings is 2. The third-order valence-electron chi connectivity index (χ3n) is 3.14. The standard InChI is InChI=1S/C15H11ClN2O2/c16-10-6-7-12-11(8-10)13(9-4-2-1-3-5-9)18-14(17-12)15(19)20/h1-8,13H,(H,17,18)(H,19,20). The molecule has 3 rings (SSSR count). The molecule has 0 saturated heterocycles. The number of halogens is 1. The van der Waals surface area contributed by atoms with Gasteiger partial charge in [-0.15, -0.1) is 0 Å². The summed E-state index contributed by atoms with van der Waals surface area (Å²) in [5, 5.41) is 12.6. The van der Waals surface area contributed by atoms with Crippen LogP contribution >= 0.6 is 11.6 Å². The van der Waals surface area contributed by atoms with E-state index < -0.39 is 5.97 Å². The Morgan fingerprint density at radius 1 is 1.20 bits per heavy atom. The number of carboxylic acids is 1. The number of hydrogen-bond acceptors (Lipinski definition) is 3. The zero-order valence-corrected chi connectivity index (χ0v) is 11.1. The number of nitrogens with one attached hydrogen (secondary N) is 1. The van der Waals surface area contributed by atoms with E-state index in [1.165, 1.54) is 0 Å². The summed E-state index contributed by atoms with van der Waals surface area (Å²) in [6, 6.07) is 14.5. The van der Waals surface area contributed by atoms with E-state index in [9.17, 15) is 4.79 Å². The first-order valence-electron chi connectivity index (χ1n) is 6.07. The molecule has 1 aliphatic rings. The third-order valence-corrected chi connectivity index (χ3v) is 3.37. The molecule has 0 saturated carbocycles. The van der Waals surface area contributed by atoms with Gasteiger partial charge < -0.3 is 10.4 Å². The lowest BCUT2D eigenvalue weighted by Gasteiger charge is -2.24. The van der Waals surface area contributed by atoms with Gasteiger partial charge in [0.25, 0.3) is 0 Å². The normalized spacial score (nSPS) is 16.9. The molecule has 5 heteroatoms. The number of aliphatic imine (C=N–C) groups is 1. The average Bonchev–Trinajstić information content (AvgIpc) is 2.47. The Morgan fingerprint density at radius 2 is 1.95 bits per heavy atom. The summed E-state index contributed by atoms with van der Waals surface area (Å²) in [7, 11) is 0. The highest BCUT2D eigenvalue weighted by Crippen LogP contribution is 2.36. The average molecular weight is 287 g/mol. The summed E-state index contributed by atoms with van der Waals surface area (Å²) in [5.74, 6) is -1.14. The highest BCUT2D eigenvalue weighted by molar-refractivity contribution is 6.40. The van der Waals surface area contributed by atoms with E-state index >= 15 is 0 Å². The highest BCUT2D eigenvalue weighted by Gasteiger charge is 2.25. The van der Waals surface area contributed by atoms with Crippen LogP contribution in [0.5, 0.6) is 0 Å². The first-order chi connectivity index (χ1) is 9.65. The second-order valence-corrected chi connectivity index (χ2v) is 4.89. The number of amidine groups is 1. The molecule has 0 amide bonds. The molecule has 0 aromatic heterocycles. The van der Waals surface area contributed by atoms with Gasteiger partial charge in [-0.1, -0.05) is 41.9 Å². The Morgan fingerprint density at radius 3 is 2.65 bits per heavy atom. The maximum Gasteiger partial charge on any atom is 0.371 e. The van der Waals surface area contributed by atoms with Gasteiger partial charge in [-0.3, -0.25) is 0 Å². The Bertz CT molecular complexity index is 698. The van der Waals surface area contributed by atoms with E-state index in [1.807, 2.05) is 36.4 Å². The number of nitrogens with zero attached hydrogens (tertiary/aromatic N) is 1. The first kappa shape index (κ1) is 12.7. The van der Waals surface area contributed by atoms with Gasteiger partial charge in [0.2, 0.25) is 5.84 Å². The van der Waals surface area contributed by atoms with Gasteiger partial charge in [0.05, 0.1) is 0 Å². The smallest absolute Gasteiger partial charge is 0.371 e. The largest absolute Gasteiger partial charge is 0.475 e. The maximum atomic E-state index is 11.2. The summed E-state index contributed by atoms with van der Waals surface area (Å²) in [6.45, 7) is 0. The van der Waals surface area contributed by atoms with Crippen LogP contribution in [0.2, 0.25) is 5.02 Å². The number of rotatable bonds is 2. The summed E-state index contributed by atoms with van der Waals surface area (Å²) in [5.41, 5.74) is 2.51. The minimum absolute atomic E-state index is 0.0614. The molecule has 0 fully saturated rings. The number of carbonyl (C=O) groups is 1. The van der Waals surface area contributed by atoms with Crippen LogP contribution in [0.15, 0.2) is 53.5 Å². The second-order valence-electron chi connectivity index (χ2n) is 4.45. The van der Waals surface area contributed by atoms with Gasteiger partial charge >= 0.3 is 5.97 Å². The van der Waals surface area contributed by atoms with E-state index in [0.29, 0.717) is 5.02 Å². The lowest BCUT2D eigenvalue weighted by Crippen LogP contribution is -2.28. The van der Waals surface area contributed by atoms with Gasteiger partial charge in [-0.05, 0) is 23.8 Å². The monoisotopic (exact) mass is 286 g/mol. The Kier molecular flexibility index (Phi) is 3.16. The minimum atomic E-state index is -1.08. The molecular formula is C15H11ClN2O2. The lowest BCUT2D eigenvalue weighted by atomic mass is 9.96. The van der Waals surface area contributed by atoms with Crippen LogP contribution < -0.4 is 5.32 Å². The Labute approximate surface area is 120 Å². The summed E-state index contributed by atoms with van der Waals surface area (Å²) in [6.07, 6.45) is 0. The third kappa shape index (κ3) is 2.26. The minimum Gasteiger partial charge on any atom is -0.475 e. The number of hydrogen-bond donors (Lipinski definition) is 2. The SMILES string of the molecule is O=C(O)C1=NC(c2ccccc2)c2cc(Cl)ccc2N1. The summed E-state index contributed by atoms with van der Waals surface area (Å²) >= 11 is 6.04. The Balaban J connectivity index is 2.16. The van der Waals surface area contributed by atoms with Crippen molar-refractivity contribution in [3.05, 3.63) is 64.7 Å². The van der Waals surface area contributed by atoms with Crippen LogP contribution in [0.25, 0.3) is 0 Å². The van der Waals surface area contributed by atoms with Crippen molar-refractivity contribution in [3.8, 4) is 0 Å². The summed E-state index contributed by atoms with van der Waals surface area (Å²) in [4.78, 5) is 15.5. The summed E-state index contributed by atoms with van der Waals surface area (Å²) < 4.78 is 0. The van der Waals surface area contributed by atoms with Gasteiger partial charge in [-0.25, -0.2) is 9.79 Å². The molecule has 0 bridgehead atoms. The van der Waals surface area contributed by atoms with E-state index in [0.717, 1.165) is 16.8 Å². The van der Waals surface area contributed by atoms with Crippen LogP contribution in [0.1, 0.15) is 17.2 Å². The predicted octanol–water partition coefficient (Wildman–Crippen LogP) is 3.34. The lowest BCUT2D eigenvalue weighted by molar-refractivity contribution is -0.129. The van der Waals surface area contributed by atoms with Crippen LogP contribution in [-0.2, 0) is 4.79 Å². The molecule has 2 aromatic carbocycles. The van der Waals surface area contributed by atoms with Crippen molar-refractivity contribution in [3.63, 3.8) is 0 Å². The van der Waals surface area contributed by atoms with Gasteiger partial charge in [0.15, 0.2) is 0 Å². The van der Waals surface area contributed by atoms with Crippen molar-refractivity contribution in [1.82, 2.24) is 0 Å². The van der Waals surface area contributed by atoms with Crippen molar-refractivity contribution in [2.24, 2.45) is 4.99 Å². The zero-order chi connectivity index (χ0) is 14.1. The molecule has 0 aliphatic carbocycles. The van der Waals surface area contributed by atoms with E-state index in [2.05, 4.69) is 10.3 Å². The quantitative estimate of drug-likeness (QED) is 0.890. The fourth-order valence-corrected chi connectivity index (χ4v) is 2.41. The Hall–Kier alpha value is -2.33. The molecular weight excluding hydrogens is 276 g/mol. The predicted molar refractivity (Wildman–Crippen MR) is 78.4 cm³/mol. The van der Waals surface area contributed by atoms with Crippen LogP contribution in [-0.4, -0.2) is 16.9 Å². The topological polar surface area (TPSA) is 61.7 Å². The number of anilines is 1. The number of carboxylic acid groups (broad SMARTS) is 1. The fraction of sp³-hybridized carbons (Fsp3) is 0.0667. The van der Waals surface area contributed by atoms with Crippen molar-refractivity contribution < 1.29 is 9.90 Å². The number of fused-ring (bicyclic) bond motifs is 1. The molecule has 1 unspecified atom stereocenters. The maximum absolute atomic E-state index is 11.2. The van der Waals surface area contributed by atoms with Crippen molar-refractivity contribution in [1.29, 1.82) is 0 Å². The van der Waals surface area contributed by atoms with Crippen LogP contribution in [0.3, 0.4) is 0 Å². The molecule has 4 nitrogen and oxygen atoms in total. The first-order valence-corrected chi connectivity index (χ1v) is 6.45. The fourth-order valence-electron chi connectivity index (χ4n) is 2.23. The van der Waals surface area contributed by atoms with Crippen molar-refractivity contribution >= 4 is 29.1 Å². The molecule has 0 radical (unpaired) electrons. The van der Waals surface area contributed by atoms with Crippen molar-refractivity contribution in [2.45, 2.75) is 6.04 Å². The van der Waals surface area contributed by atoms with Gasteiger partial charge in [-0.2, -0.15) is 0 Å². The van der Waals surface area contributed by atoms with Crippen LogP contribution in [0.4, 0.5) is 5.69 Å². The molecule has 1 heterocycles. The molecule has 20 heavy (non-hydrogen) atoms. The molecule has 100 valence electrons. The van der Waals surface area contributed by atoms with E-state index in [1.54, 1.807) is 12.1 Å².